The number of guanidine groups is 1. The largest absolute Gasteiger partial charge is 0.354 e. The van der Waals surface area contributed by atoms with Crippen molar-refractivity contribution in [2.45, 2.75) is 24.6 Å². The average molecular weight is 468 g/mol. The maximum absolute atomic E-state index is 4.50. The molecule has 1 unspecified atom stereocenters. The minimum absolute atomic E-state index is 0. The van der Waals surface area contributed by atoms with Crippen LogP contribution in [0.25, 0.3) is 0 Å². The molecule has 1 fully saturated rings. The van der Waals surface area contributed by atoms with Crippen molar-refractivity contribution in [2.24, 2.45) is 4.99 Å². The first kappa shape index (κ1) is 21.1. The third-order valence-corrected chi connectivity index (χ3v) is 5.94. The lowest BCUT2D eigenvalue weighted by molar-refractivity contribution is 0.293. The van der Waals surface area contributed by atoms with Crippen LogP contribution in [0.2, 0.25) is 0 Å². The summed E-state index contributed by atoms with van der Waals surface area (Å²) in [4.78, 5) is 9.14. The van der Waals surface area contributed by atoms with E-state index in [0.717, 1.165) is 31.3 Å². The van der Waals surface area contributed by atoms with Crippen molar-refractivity contribution in [2.75, 3.05) is 46.5 Å². The van der Waals surface area contributed by atoms with Gasteiger partial charge >= 0.3 is 0 Å². The molecule has 0 bridgehead atoms. The number of nitrogens with one attached hydrogen (secondary N) is 1. The van der Waals surface area contributed by atoms with Gasteiger partial charge in [-0.1, -0.05) is 0 Å². The molecule has 0 spiro atoms. The normalized spacial score (nSPS) is 19.4. The van der Waals surface area contributed by atoms with Crippen LogP contribution in [0.5, 0.6) is 0 Å². The Morgan fingerprint density at radius 1 is 1.48 bits per heavy atom. The van der Waals surface area contributed by atoms with Gasteiger partial charge in [0.2, 0.25) is 0 Å². The molecule has 132 valence electrons. The molecule has 0 saturated carbocycles. The van der Waals surface area contributed by atoms with E-state index in [0.29, 0.717) is 10.8 Å². The molecule has 2 heterocycles. The van der Waals surface area contributed by atoms with Crippen molar-refractivity contribution in [1.29, 1.82) is 0 Å². The lowest BCUT2D eigenvalue weighted by Gasteiger charge is -2.39. The highest BCUT2D eigenvalue weighted by molar-refractivity contribution is 14.0. The van der Waals surface area contributed by atoms with Gasteiger partial charge in [-0.2, -0.15) is 23.1 Å². The van der Waals surface area contributed by atoms with Gasteiger partial charge in [0, 0.05) is 37.2 Å². The maximum atomic E-state index is 4.50. The molecule has 0 aliphatic carbocycles. The molecule has 0 radical (unpaired) electrons. The Balaban J connectivity index is 0.00000264. The summed E-state index contributed by atoms with van der Waals surface area (Å²) in [5.74, 6) is 2.19. The Kier molecular flexibility index (Phi) is 8.68. The van der Waals surface area contributed by atoms with Gasteiger partial charge in [0.25, 0.3) is 0 Å². The van der Waals surface area contributed by atoms with Crippen LogP contribution in [0.1, 0.15) is 25.5 Å². The van der Waals surface area contributed by atoms with E-state index in [9.17, 15) is 0 Å². The van der Waals surface area contributed by atoms with Gasteiger partial charge in [0.1, 0.15) is 0 Å². The standard InChI is InChI=1S/C16H28N4S2.HI/c1-16(2)12-20(7-9-22-16)15(17-3)18-10-14(19(4)5)13-6-8-21-11-13;/h6,8,11,14H,7,9-10,12H2,1-5H3,(H,17,18);1H. The van der Waals surface area contributed by atoms with E-state index in [1.165, 1.54) is 5.56 Å². The molecule has 2 rings (SSSR count). The Morgan fingerprint density at radius 2 is 2.22 bits per heavy atom. The van der Waals surface area contributed by atoms with Gasteiger partial charge < -0.3 is 15.1 Å². The van der Waals surface area contributed by atoms with Crippen molar-refractivity contribution in [1.82, 2.24) is 15.1 Å². The Bertz CT molecular complexity index is 488. The lowest BCUT2D eigenvalue weighted by atomic mass is 10.1. The number of rotatable bonds is 4. The fourth-order valence-corrected chi connectivity index (χ4v) is 4.60. The number of thiophene rings is 1. The Morgan fingerprint density at radius 3 is 2.74 bits per heavy atom. The van der Waals surface area contributed by atoms with Crippen LogP contribution in [0, 0.1) is 0 Å². The van der Waals surface area contributed by atoms with E-state index >= 15 is 0 Å². The van der Waals surface area contributed by atoms with Gasteiger partial charge in [-0.3, -0.25) is 4.99 Å². The van der Waals surface area contributed by atoms with Crippen molar-refractivity contribution in [3.8, 4) is 0 Å². The summed E-state index contributed by atoms with van der Waals surface area (Å²) in [7, 11) is 6.15. The monoisotopic (exact) mass is 468 g/mol. The highest BCUT2D eigenvalue weighted by Gasteiger charge is 2.29. The van der Waals surface area contributed by atoms with E-state index in [2.05, 4.69) is 64.9 Å². The minimum atomic E-state index is 0. The minimum Gasteiger partial charge on any atom is -0.354 e. The van der Waals surface area contributed by atoms with Gasteiger partial charge in [0.15, 0.2) is 5.96 Å². The number of nitrogens with zero attached hydrogens (tertiary/aromatic N) is 3. The zero-order chi connectivity index (χ0) is 16.2. The van der Waals surface area contributed by atoms with Crippen LogP contribution in [-0.2, 0) is 0 Å². The molecule has 0 aromatic carbocycles. The number of hydrogen-bond acceptors (Lipinski definition) is 4. The predicted molar refractivity (Wildman–Crippen MR) is 116 cm³/mol. The summed E-state index contributed by atoms with van der Waals surface area (Å²) in [6.45, 7) is 7.61. The van der Waals surface area contributed by atoms with Gasteiger partial charge in [0.05, 0.1) is 6.04 Å². The Hall–Kier alpha value is 0.01000. The smallest absolute Gasteiger partial charge is 0.193 e. The van der Waals surface area contributed by atoms with Crippen LogP contribution in [0.4, 0.5) is 0 Å². The maximum Gasteiger partial charge on any atom is 0.193 e. The van der Waals surface area contributed by atoms with Gasteiger partial charge in [-0.25, -0.2) is 0 Å². The summed E-state index contributed by atoms with van der Waals surface area (Å²) in [6.07, 6.45) is 0. The van der Waals surface area contributed by atoms with Crippen LogP contribution in [-0.4, -0.2) is 67.0 Å². The summed E-state index contributed by atoms with van der Waals surface area (Å²) in [6, 6.07) is 2.58. The Labute approximate surface area is 166 Å². The molecular formula is C16H29IN4S2. The highest BCUT2D eigenvalue weighted by Crippen LogP contribution is 2.29. The van der Waals surface area contributed by atoms with E-state index in [4.69, 9.17) is 0 Å². The SMILES string of the molecule is CN=C(NCC(c1ccsc1)N(C)C)N1CCSC(C)(C)C1.I. The molecule has 1 saturated heterocycles. The topological polar surface area (TPSA) is 30.9 Å². The third-order valence-electron chi connectivity index (χ3n) is 3.94. The molecule has 7 heteroatoms. The summed E-state index contributed by atoms with van der Waals surface area (Å²) >= 11 is 3.80. The number of likely N-dealkylation sites (N-methyl/N-ethyl adjacent to an activating group) is 1. The highest BCUT2D eigenvalue weighted by atomic mass is 127. The van der Waals surface area contributed by atoms with Crippen molar-refractivity contribution >= 4 is 53.0 Å². The molecule has 1 aromatic rings. The molecular weight excluding hydrogens is 439 g/mol. The number of hydrogen-bond donors (Lipinski definition) is 1. The van der Waals surface area contributed by atoms with E-state index < -0.39 is 0 Å². The fourth-order valence-electron chi connectivity index (χ4n) is 2.78. The van der Waals surface area contributed by atoms with Gasteiger partial charge in [-0.15, -0.1) is 24.0 Å². The van der Waals surface area contributed by atoms with E-state index in [-0.39, 0.29) is 24.0 Å². The first-order valence-electron chi connectivity index (χ1n) is 7.71. The molecule has 1 aliphatic rings. The molecule has 1 aromatic heterocycles. The molecule has 1 aliphatic heterocycles. The first-order chi connectivity index (χ1) is 10.4. The predicted octanol–water partition coefficient (Wildman–Crippen LogP) is 3.37. The second-order valence-corrected chi connectivity index (χ2v) is 9.08. The molecule has 1 N–H and O–H groups in total. The van der Waals surface area contributed by atoms with Crippen LogP contribution < -0.4 is 5.32 Å². The van der Waals surface area contributed by atoms with Crippen LogP contribution in [0.3, 0.4) is 0 Å². The quantitative estimate of drug-likeness (QED) is 0.417. The second kappa shape index (κ2) is 9.48. The fraction of sp³-hybridized carbons (Fsp3) is 0.688. The number of aliphatic imine (C=N–C) groups is 1. The number of halogens is 1. The summed E-state index contributed by atoms with van der Waals surface area (Å²) in [5.41, 5.74) is 1.37. The van der Waals surface area contributed by atoms with Crippen molar-refractivity contribution in [3.05, 3.63) is 22.4 Å². The summed E-state index contributed by atoms with van der Waals surface area (Å²) < 4.78 is 0.296. The zero-order valence-corrected chi connectivity index (χ0v) is 18.7. The van der Waals surface area contributed by atoms with Crippen molar-refractivity contribution in [3.63, 3.8) is 0 Å². The zero-order valence-electron chi connectivity index (χ0n) is 14.7. The average Bonchev–Trinajstić information content (AvgIpc) is 2.96. The first-order valence-corrected chi connectivity index (χ1v) is 9.64. The molecule has 1 atom stereocenters. The lowest BCUT2D eigenvalue weighted by Crippen LogP contribution is -2.52. The van der Waals surface area contributed by atoms with Crippen molar-refractivity contribution < 1.29 is 0 Å². The van der Waals surface area contributed by atoms with E-state index in [1.807, 2.05) is 18.8 Å². The molecule has 0 amide bonds. The molecule has 23 heavy (non-hydrogen) atoms. The van der Waals surface area contributed by atoms with Gasteiger partial charge in [-0.05, 0) is 50.3 Å². The third kappa shape index (κ3) is 6.10. The van der Waals surface area contributed by atoms with Crippen LogP contribution in [0.15, 0.2) is 21.8 Å². The second-order valence-electron chi connectivity index (χ2n) is 6.49. The van der Waals surface area contributed by atoms with E-state index in [1.54, 1.807) is 11.3 Å². The van der Waals surface area contributed by atoms with Crippen LogP contribution >= 0.6 is 47.1 Å². The number of thioether (sulfide) groups is 1. The summed E-state index contributed by atoms with van der Waals surface area (Å²) in [5, 5.41) is 7.95. The molecule has 4 nitrogen and oxygen atoms in total.